The van der Waals surface area contributed by atoms with Crippen LogP contribution in [0.3, 0.4) is 0 Å². The summed E-state index contributed by atoms with van der Waals surface area (Å²) in [6, 6.07) is 11.5. The van der Waals surface area contributed by atoms with Crippen LogP contribution in [0.25, 0.3) is 0 Å². The molecular formula is C28H40N3O4+. The second-order valence-electron chi connectivity index (χ2n) is 10.8. The van der Waals surface area contributed by atoms with E-state index in [4.69, 9.17) is 9.47 Å². The van der Waals surface area contributed by atoms with Gasteiger partial charge in [0.1, 0.15) is 12.2 Å². The van der Waals surface area contributed by atoms with E-state index in [9.17, 15) is 9.70 Å². The van der Waals surface area contributed by atoms with E-state index in [1.165, 1.54) is 0 Å². The van der Waals surface area contributed by atoms with Crippen molar-refractivity contribution in [2.45, 2.75) is 47.2 Å². The van der Waals surface area contributed by atoms with Crippen LogP contribution in [0, 0.1) is 23.7 Å². The van der Waals surface area contributed by atoms with Gasteiger partial charge < -0.3 is 18.9 Å². The highest BCUT2D eigenvalue weighted by molar-refractivity contribution is 5.78. The number of amides is 1. The third-order valence-corrected chi connectivity index (χ3v) is 6.18. The lowest BCUT2D eigenvalue weighted by Crippen LogP contribution is -2.47. The van der Waals surface area contributed by atoms with Crippen LogP contribution >= 0.6 is 0 Å². The molecule has 0 saturated carbocycles. The average Bonchev–Trinajstić information content (AvgIpc) is 3.03. The first-order valence-corrected chi connectivity index (χ1v) is 12.5. The van der Waals surface area contributed by atoms with Gasteiger partial charge in [-0.15, -0.1) is 4.91 Å². The molecule has 2 aromatic rings. The zero-order chi connectivity index (χ0) is 25.6. The molecule has 1 atom stereocenters. The van der Waals surface area contributed by atoms with E-state index in [1.807, 2.05) is 43.0 Å². The molecule has 0 aliphatic carbocycles. The third-order valence-electron chi connectivity index (χ3n) is 6.18. The van der Waals surface area contributed by atoms with Gasteiger partial charge in [-0.1, -0.05) is 32.0 Å². The lowest BCUT2D eigenvalue weighted by molar-refractivity contribution is -0.905. The summed E-state index contributed by atoms with van der Waals surface area (Å²) in [4.78, 5) is 26.5. The number of nitroso groups, excluding NO2 is 1. The number of carbonyl (C=O) groups is 1. The first-order valence-electron chi connectivity index (χ1n) is 12.5. The fourth-order valence-corrected chi connectivity index (χ4v) is 4.91. The van der Waals surface area contributed by atoms with E-state index in [0.717, 1.165) is 34.6 Å². The summed E-state index contributed by atoms with van der Waals surface area (Å²) in [6.07, 6.45) is 0.864. The minimum absolute atomic E-state index is 0.151. The molecule has 2 aromatic carbocycles. The van der Waals surface area contributed by atoms with Crippen LogP contribution in [0.2, 0.25) is 0 Å². The molecule has 1 heterocycles. The Hall–Kier alpha value is -2.93. The van der Waals surface area contributed by atoms with Crippen molar-refractivity contribution in [2.24, 2.45) is 17.0 Å². The number of hydrogen-bond acceptors (Lipinski definition) is 5. The first kappa shape index (κ1) is 26.7. The van der Waals surface area contributed by atoms with E-state index in [2.05, 4.69) is 39.2 Å². The van der Waals surface area contributed by atoms with Crippen LogP contribution in [0.5, 0.6) is 11.5 Å². The zero-order valence-electron chi connectivity index (χ0n) is 22.0. The van der Waals surface area contributed by atoms with Gasteiger partial charge in [-0.25, -0.2) is 0 Å². The number of ether oxygens (including phenoxy) is 2. The standard InChI is InChI=1S/C28H40N3O4/c1-20(2)16-30(17-24-13-21(3)27-26(15-24)34-11-8-12-35-27)28(32)22(4)18-31(5,6)19-23-9-7-10-25(14-23)29-33/h7,9-10,13-15,20,22H,8,11-12,16-19H2,1-6H3/q+1. The Bertz CT molecular complexity index is 1030. The molecule has 7 heteroatoms. The molecule has 1 aliphatic heterocycles. The largest absolute Gasteiger partial charge is 0.490 e. The monoisotopic (exact) mass is 482 g/mol. The van der Waals surface area contributed by atoms with Crippen molar-refractivity contribution in [3.8, 4) is 11.5 Å². The van der Waals surface area contributed by atoms with Gasteiger partial charge in [0.2, 0.25) is 5.91 Å². The van der Waals surface area contributed by atoms with E-state index < -0.39 is 0 Å². The topological polar surface area (TPSA) is 68.2 Å². The van der Waals surface area contributed by atoms with Gasteiger partial charge in [0.15, 0.2) is 11.5 Å². The van der Waals surface area contributed by atoms with Crippen molar-refractivity contribution in [1.82, 2.24) is 4.90 Å². The molecule has 7 nitrogen and oxygen atoms in total. The summed E-state index contributed by atoms with van der Waals surface area (Å²) in [5, 5.41) is 3.04. The first-order chi connectivity index (χ1) is 16.6. The van der Waals surface area contributed by atoms with Gasteiger partial charge >= 0.3 is 0 Å². The Balaban J connectivity index is 1.73. The lowest BCUT2D eigenvalue weighted by Gasteiger charge is -2.34. The predicted octanol–water partition coefficient (Wildman–Crippen LogP) is 5.45. The van der Waals surface area contributed by atoms with Gasteiger partial charge in [-0.2, -0.15) is 0 Å². The Labute approximate surface area is 209 Å². The SMILES string of the molecule is Cc1cc(CN(CC(C)C)C(=O)C(C)C[N+](C)(C)Cc2cccc(N=O)c2)cc2c1OCCCO2. The highest BCUT2D eigenvalue weighted by Gasteiger charge is 2.29. The predicted molar refractivity (Wildman–Crippen MR) is 139 cm³/mol. The minimum Gasteiger partial charge on any atom is -0.490 e. The molecule has 1 aliphatic rings. The number of quaternary nitrogens is 1. The molecule has 1 amide bonds. The molecule has 0 aromatic heterocycles. The lowest BCUT2D eigenvalue weighted by atomic mass is 10.0. The van der Waals surface area contributed by atoms with Gasteiger partial charge in [-0.3, -0.25) is 4.79 Å². The van der Waals surface area contributed by atoms with E-state index in [0.29, 0.717) is 55.5 Å². The minimum atomic E-state index is -0.155. The van der Waals surface area contributed by atoms with Crippen molar-refractivity contribution in [3.05, 3.63) is 58.0 Å². The molecule has 0 bridgehead atoms. The molecule has 0 N–H and O–H groups in total. The van der Waals surface area contributed by atoms with Crippen LogP contribution in [0.15, 0.2) is 41.6 Å². The Kier molecular flexibility index (Phi) is 8.89. The number of benzene rings is 2. The third kappa shape index (κ3) is 7.52. The molecular weight excluding hydrogens is 442 g/mol. The maximum absolute atomic E-state index is 13.6. The second-order valence-corrected chi connectivity index (χ2v) is 10.8. The molecule has 0 fully saturated rings. The van der Waals surface area contributed by atoms with Crippen LogP contribution in [0.4, 0.5) is 5.69 Å². The second kappa shape index (κ2) is 11.7. The highest BCUT2D eigenvalue weighted by atomic mass is 16.5. The maximum Gasteiger partial charge on any atom is 0.231 e. The van der Waals surface area contributed by atoms with E-state index in [-0.39, 0.29) is 11.8 Å². The normalized spacial score (nSPS) is 14.4. The fourth-order valence-electron chi connectivity index (χ4n) is 4.91. The average molecular weight is 483 g/mol. The van der Waals surface area contributed by atoms with Gasteiger partial charge in [0.25, 0.3) is 0 Å². The summed E-state index contributed by atoms with van der Waals surface area (Å²) >= 11 is 0. The van der Waals surface area contributed by atoms with Gasteiger partial charge in [0, 0.05) is 25.1 Å². The molecule has 1 unspecified atom stereocenters. The molecule has 0 radical (unpaired) electrons. The van der Waals surface area contributed by atoms with Crippen molar-refractivity contribution in [3.63, 3.8) is 0 Å². The molecule has 190 valence electrons. The molecule has 35 heavy (non-hydrogen) atoms. The number of rotatable bonds is 10. The van der Waals surface area contributed by atoms with Gasteiger partial charge in [-0.05, 0) is 54.3 Å². The molecule has 0 saturated heterocycles. The Morgan fingerprint density at radius 1 is 1.09 bits per heavy atom. The Morgan fingerprint density at radius 3 is 2.54 bits per heavy atom. The summed E-state index contributed by atoms with van der Waals surface area (Å²) in [5.41, 5.74) is 3.56. The summed E-state index contributed by atoms with van der Waals surface area (Å²) in [6.45, 7) is 12.3. The number of carbonyl (C=O) groups excluding carboxylic acids is 1. The van der Waals surface area contributed by atoms with Crippen LogP contribution < -0.4 is 9.47 Å². The molecule has 0 spiro atoms. The highest BCUT2D eigenvalue weighted by Crippen LogP contribution is 2.35. The van der Waals surface area contributed by atoms with E-state index in [1.54, 1.807) is 6.07 Å². The fraction of sp³-hybridized carbons (Fsp3) is 0.536. The van der Waals surface area contributed by atoms with Crippen LogP contribution in [-0.4, -0.2) is 55.7 Å². The van der Waals surface area contributed by atoms with Crippen molar-refractivity contribution in [2.75, 3.05) is 40.4 Å². The molecule has 3 rings (SSSR count). The maximum atomic E-state index is 13.6. The van der Waals surface area contributed by atoms with Crippen molar-refractivity contribution >= 4 is 11.6 Å². The number of nitrogens with zero attached hydrogens (tertiary/aromatic N) is 3. The quantitative estimate of drug-likeness (QED) is 0.333. The smallest absolute Gasteiger partial charge is 0.231 e. The van der Waals surface area contributed by atoms with Gasteiger partial charge in [0.05, 0.1) is 39.8 Å². The Morgan fingerprint density at radius 2 is 1.83 bits per heavy atom. The number of aryl methyl sites for hydroxylation is 1. The summed E-state index contributed by atoms with van der Waals surface area (Å²) in [7, 11) is 4.23. The summed E-state index contributed by atoms with van der Waals surface area (Å²) < 4.78 is 12.4. The number of hydrogen-bond donors (Lipinski definition) is 0. The van der Waals surface area contributed by atoms with Crippen molar-refractivity contribution < 1.29 is 18.8 Å². The zero-order valence-corrected chi connectivity index (χ0v) is 22.0. The van der Waals surface area contributed by atoms with Crippen LogP contribution in [0.1, 0.15) is 43.9 Å². The number of fused-ring (bicyclic) bond motifs is 1. The van der Waals surface area contributed by atoms with E-state index >= 15 is 0 Å². The summed E-state index contributed by atoms with van der Waals surface area (Å²) in [5.74, 6) is 1.94. The van der Waals surface area contributed by atoms with Crippen molar-refractivity contribution in [1.29, 1.82) is 0 Å². The van der Waals surface area contributed by atoms with Crippen LogP contribution in [-0.2, 0) is 17.9 Å².